The summed E-state index contributed by atoms with van der Waals surface area (Å²) in [6, 6.07) is 6.26. The van der Waals surface area contributed by atoms with E-state index in [1.165, 1.54) is 0 Å². The Kier molecular flexibility index (Phi) is 4.69. The maximum atomic E-state index is 12.6. The maximum absolute atomic E-state index is 12.6. The van der Waals surface area contributed by atoms with Crippen LogP contribution in [-0.4, -0.2) is 45.3 Å². The fraction of sp³-hybridized carbons (Fsp3) is 0.353. The Hall–Kier alpha value is -2.90. The molecule has 1 unspecified atom stereocenters. The van der Waals surface area contributed by atoms with Crippen molar-refractivity contribution in [3.05, 3.63) is 36.5 Å². The fourth-order valence-corrected chi connectivity index (χ4v) is 3.26. The molecule has 0 spiro atoms. The first kappa shape index (κ1) is 16.9. The van der Waals surface area contributed by atoms with E-state index < -0.39 is 6.03 Å². The molecule has 1 fully saturated rings. The van der Waals surface area contributed by atoms with Crippen molar-refractivity contribution in [1.29, 1.82) is 5.41 Å². The van der Waals surface area contributed by atoms with Crippen LogP contribution in [0.25, 0.3) is 11.0 Å². The van der Waals surface area contributed by atoms with E-state index in [1.54, 1.807) is 30.7 Å². The average Bonchev–Trinajstić information content (AvgIpc) is 2.99. The summed E-state index contributed by atoms with van der Waals surface area (Å²) in [5.74, 6) is 0.0161. The first-order valence-electron chi connectivity index (χ1n) is 8.21. The number of nitrogens with zero attached hydrogens (tertiary/aromatic N) is 3. The fourth-order valence-electron chi connectivity index (χ4n) is 3.26. The molecule has 1 radical (unpaired) electrons. The van der Waals surface area contributed by atoms with E-state index in [4.69, 9.17) is 16.9 Å². The lowest BCUT2D eigenvalue weighted by molar-refractivity contribution is 0.100. The predicted octanol–water partition coefficient (Wildman–Crippen LogP) is 1.35. The van der Waals surface area contributed by atoms with Crippen LogP contribution in [0.2, 0.25) is 0 Å². The molecule has 0 aliphatic carbocycles. The molecule has 5 N–H and O–H groups in total. The molecule has 0 bridgehead atoms. The van der Waals surface area contributed by atoms with Crippen molar-refractivity contribution in [3.8, 4) is 0 Å². The summed E-state index contributed by atoms with van der Waals surface area (Å²) >= 11 is 0. The van der Waals surface area contributed by atoms with Gasteiger partial charge in [-0.15, -0.1) is 0 Å². The van der Waals surface area contributed by atoms with Gasteiger partial charge in [-0.2, -0.15) is 0 Å². The van der Waals surface area contributed by atoms with Crippen LogP contribution < -0.4 is 11.5 Å². The third-order valence-electron chi connectivity index (χ3n) is 4.50. The number of nitrogens with two attached hydrogens (primary N) is 2. The molecule has 8 heteroatoms. The number of amides is 1. The molecule has 2 heterocycles. The Morgan fingerprint density at radius 3 is 2.80 bits per heavy atom. The lowest BCUT2D eigenvalue weighted by atomic mass is 9.92. The number of carbonyl (C=O) groups is 2. The van der Waals surface area contributed by atoms with Crippen LogP contribution >= 0.6 is 0 Å². The van der Waals surface area contributed by atoms with Crippen LogP contribution in [-0.2, 0) is 0 Å². The smallest absolute Gasteiger partial charge is 0.325 e. The van der Waals surface area contributed by atoms with Gasteiger partial charge in [0.1, 0.15) is 0 Å². The molecule has 131 valence electrons. The number of primary amides is 1. The molecule has 1 aliphatic rings. The van der Waals surface area contributed by atoms with E-state index in [0.29, 0.717) is 24.0 Å². The molecule has 1 aromatic carbocycles. The topological polar surface area (TPSA) is 131 Å². The van der Waals surface area contributed by atoms with Crippen molar-refractivity contribution < 1.29 is 9.59 Å². The van der Waals surface area contributed by atoms with Crippen LogP contribution in [0.4, 0.5) is 4.79 Å². The summed E-state index contributed by atoms with van der Waals surface area (Å²) in [7, 11) is 0. The molecule has 25 heavy (non-hydrogen) atoms. The van der Waals surface area contributed by atoms with Crippen molar-refractivity contribution in [3.63, 3.8) is 0 Å². The van der Waals surface area contributed by atoms with Crippen molar-refractivity contribution in [2.45, 2.75) is 19.3 Å². The Balaban J connectivity index is 1.73. The number of nitrogens with one attached hydrogen (secondary N) is 1. The van der Waals surface area contributed by atoms with Gasteiger partial charge in [-0.3, -0.25) is 10.2 Å². The van der Waals surface area contributed by atoms with E-state index in [9.17, 15) is 9.59 Å². The van der Waals surface area contributed by atoms with E-state index in [0.717, 1.165) is 24.0 Å². The normalized spacial score (nSPS) is 17.6. The number of imidazole rings is 1. The quantitative estimate of drug-likeness (QED) is 0.439. The second-order valence-corrected chi connectivity index (χ2v) is 6.24. The predicted molar refractivity (Wildman–Crippen MR) is 94.2 cm³/mol. The van der Waals surface area contributed by atoms with Gasteiger partial charge in [0.05, 0.1) is 11.0 Å². The summed E-state index contributed by atoms with van der Waals surface area (Å²) in [5.41, 5.74) is 12.0. The molecule has 1 amide bonds. The molecule has 1 saturated heterocycles. The molecular formula is C17H21N6O2. The molecule has 1 aliphatic heterocycles. The van der Waals surface area contributed by atoms with Gasteiger partial charge in [-0.1, -0.05) is 12.1 Å². The van der Waals surface area contributed by atoms with Gasteiger partial charge in [0, 0.05) is 19.5 Å². The molecule has 1 aromatic heterocycles. The van der Waals surface area contributed by atoms with Gasteiger partial charge < -0.3 is 16.4 Å². The maximum Gasteiger partial charge on any atom is 0.325 e. The van der Waals surface area contributed by atoms with Gasteiger partial charge in [0.15, 0.2) is 11.8 Å². The number of piperidine rings is 1. The number of carbonyl (C=O) groups excluding carboxylic acids is 2. The number of Topliss-reactive ketones (excluding diaryl/α,β-unsaturated/α-hetero) is 1. The second-order valence-electron chi connectivity index (χ2n) is 6.24. The van der Waals surface area contributed by atoms with E-state index in [2.05, 4.69) is 4.98 Å². The lowest BCUT2D eigenvalue weighted by Crippen LogP contribution is -2.43. The number of ketones is 1. The standard InChI is InChI=1S/C17H21N6O2/c18-16(19)22-9-3-4-11(10-22)7-8-14(24)15-21-12-5-1-2-6-13(12)23(15)17(20)25/h1-2,5-6,8,11H,3-4,7,9-10H2,(H3,18,19)(H2,20,25). The lowest BCUT2D eigenvalue weighted by Gasteiger charge is -2.32. The molecule has 8 nitrogen and oxygen atoms in total. The van der Waals surface area contributed by atoms with E-state index in [1.807, 2.05) is 4.90 Å². The summed E-state index contributed by atoms with van der Waals surface area (Å²) in [5, 5.41) is 7.53. The number of hydrogen-bond donors (Lipinski definition) is 3. The first-order chi connectivity index (χ1) is 12.0. The SMILES string of the molecule is N=C(N)N1CCCC(C[CH]C(=O)c2nc3ccccc3n2C(N)=O)C1. The monoisotopic (exact) mass is 341 g/mol. The highest BCUT2D eigenvalue weighted by atomic mass is 16.2. The Morgan fingerprint density at radius 1 is 1.32 bits per heavy atom. The zero-order valence-electron chi connectivity index (χ0n) is 13.8. The van der Waals surface area contributed by atoms with Gasteiger partial charge in [-0.25, -0.2) is 14.3 Å². The Morgan fingerprint density at radius 2 is 2.08 bits per heavy atom. The minimum Gasteiger partial charge on any atom is -0.370 e. The Bertz CT molecular complexity index is 828. The van der Waals surface area contributed by atoms with E-state index in [-0.39, 0.29) is 23.5 Å². The van der Waals surface area contributed by atoms with Gasteiger partial charge in [0.2, 0.25) is 5.78 Å². The zero-order chi connectivity index (χ0) is 18.0. The number of likely N-dealkylation sites (tertiary alicyclic amines) is 1. The zero-order valence-corrected chi connectivity index (χ0v) is 13.8. The summed E-state index contributed by atoms with van der Waals surface area (Å²) < 4.78 is 1.15. The number of para-hydroxylation sites is 2. The molecule has 0 saturated carbocycles. The van der Waals surface area contributed by atoms with Crippen molar-refractivity contribution >= 4 is 28.8 Å². The third-order valence-corrected chi connectivity index (χ3v) is 4.50. The van der Waals surface area contributed by atoms with Crippen molar-refractivity contribution in [2.75, 3.05) is 13.1 Å². The van der Waals surface area contributed by atoms with Crippen molar-refractivity contribution in [2.24, 2.45) is 17.4 Å². The van der Waals surface area contributed by atoms with Crippen molar-refractivity contribution in [1.82, 2.24) is 14.5 Å². The van der Waals surface area contributed by atoms with Crippen LogP contribution in [0.5, 0.6) is 0 Å². The number of hydrogen-bond acceptors (Lipinski definition) is 4. The minimum atomic E-state index is -0.731. The largest absolute Gasteiger partial charge is 0.370 e. The molecular weight excluding hydrogens is 320 g/mol. The molecule has 2 aromatic rings. The Labute approximate surface area is 145 Å². The highest BCUT2D eigenvalue weighted by molar-refractivity contribution is 6.05. The molecule has 3 rings (SSSR count). The highest BCUT2D eigenvalue weighted by Gasteiger charge is 2.24. The second kappa shape index (κ2) is 6.92. The highest BCUT2D eigenvalue weighted by Crippen LogP contribution is 2.22. The van der Waals surface area contributed by atoms with Gasteiger partial charge in [-0.05, 0) is 37.3 Å². The van der Waals surface area contributed by atoms with Crippen LogP contribution in [0, 0.1) is 17.7 Å². The molecule has 1 atom stereocenters. The number of benzene rings is 1. The number of fused-ring (bicyclic) bond motifs is 1. The van der Waals surface area contributed by atoms with E-state index >= 15 is 0 Å². The summed E-state index contributed by atoms with van der Waals surface area (Å²) in [6.07, 6.45) is 4.01. The third kappa shape index (κ3) is 3.47. The first-order valence-corrected chi connectivity index (χ1v) is 8.21. The number of guanidine groups is 1. The van der Waals surface area contributed by atoms with Gasteiger partial charge >= 0.3 is 6.03 Å². The van der Waals surface area contributed by atoms with Gasteiger partial charge in [0.25, 0.3) is 0 Å². The summed E-state index contributed by atoms with van der Waals surface area (Å²) in [6.45, 7) is 1.43. The number of aromatic nitrogens is 2. The van der Waals surface area contributed by atoms with Crippen LogP contribution in [0.1, 0.15) is 29.9 Å². The minimum absolute atomic E-state index is 0.0351. The average molecular weight is 341 g/mol. The summed E-state index contributed by atoms with van der Waals surface area (Å²) in [4.78, 5) is 30.4. The van der Waals surface area contributed by atoms with Crippen LogP contribution in [0.15, 0.2) is 24.3 Å². The van der Waals surface area contributed by atoms with Crippen LogP contribution in [0.3, 0.4) is 0 Å². The number of rotatable bonds is 4.